The Labute approximate surface area is 90.1 Å². The summed E-state index contributed by atoms with van der Waals surface area (Å²) >= 11 is 3.35. The number of alkyl halides is 1. The van der Waals surface area contributed by atoms with Crippen LogP contribution in [0.15, 0.2) is 11.2 Å². The fourth-order valence-electron chi connectivity index (χ4n) is 1.26. The van der Waals surface area contributed by atoms with Gasteiger partial charge in [0, 0.05) is 12.4 Å². The molecule has 14 heavy (non-hydrogen) atoms. The third kappa shape index (κ3) is 1.50. The highest BCUT2D eigenvalue weighted by Crippen LogP contribution is 2.17. The molecule has 2 heterocycles. The molecule has 1 aromatic heterocycles. The number of aromatic nitrogens is 2. The molecule has 0 fully saturated rings. The van der Waals surface area contributed by atoms with Gasteiger partial charge in [-0.3, -0.25) is 4.68 Å². The number of nitrogens with zero attached hydrogens (tertiary/aromatic N) is 3. The Hall–Kier alpha value is -1.04. The van der Waals surface area contributed by atoms with Gasteiger partial charge < -0.3 is 10.5 Å². The van der Waals surface area contributed by atoms with E-state index in [1.807, 2.05) is 0 Å². The lowest BCUT2D eigenvalue weighted by Gasteiger charge is -2.06. The molecule has 2 N–H and O–H groups in total. The quantitative estimate of drug-likeness (QED) is 0.788. The van der Waals surface area contributed by atoms with Crippen LogP contribution in [0.3, 0.4) is 0 Å². The third-order valence-electron chi connectivity index (χ3n) is 2.10. The number of halogens is 1. The standard InChI is InChI=1S/C8H11BrN4O/c1-13-7(10)6(4-12-13)8-11-3-5(2-9)14-8/h4-5H,2-3,10H2,1H3. The molecule has 0 aliphatic carbocycles. The minimum absolute atomic E-state index is 0.115. The smallest absolute Gasteiger partial charge is 0.222 e. The number of aryl methyl sites for hydroxylation is 1. The van der Waals surface area contributed by atoms with Crippen LogP contribution in [0.4, 0.5) is 5.82 Å². The van der Waals surface area contributed by atoms with E-state index in [0.717, 1.165) is 10.9 Å². The van der Waals surface area contributed by atoms with E-state index in [4.69, 9.17) is 10.5 Å². The second-order valence-electron chi connectivity index (χ2n) is 3.11. The number of ether oxygens (including phenoxy) is 1. The summed E-state index contributed by atoms with van der Waals surface area (Å²) in [5, 5.41) is 4.81. The average molecular weight is 259 g/mol. The molecule has 0 bridgehead atoms. The Kier molecular flexibility index (Phi) is 2.45. The molecule has 0 saturated heterocycles. The predicted molar refractivity (Wildman–Crippen MR) is 57.7 cm³/mol. The van der Waals surface area contributed by atoms with Crippen molar-refractivity contribution in [2.24, 2.45) is 12.0 Å². The zero-order chi connectivity index (χ0) is 10.1. The number of nitrogen functional groups attached to an aromatic ring is 1. The van der Waals surface area contributed by atoms with E-state index in [1.54, 1.807) is 17.9 Å². The summed E-state index contributed by atoms with van der Waals surface area (Å²) in [6.07, 6.45) is 1.79. The van der Waals surface area contributed by atoms with Crippen LogP contribution in [0, 0.1) is 0 Å². The summed E-state index contributed by atoms with van der Waals surface area (Å²) in [6.45, 7) is 0.676. The van der Waals surface area contributed by atoms with Gasteiger partial charge in [0.25, 0.3) is 0 Å². The maximum absolute atomic E-state index is 5.80. The first-order valence-corrected chi connectivity index (χ1v) is 5.39. The summed E-state index contributed by atoms with van der Waals surface area (Å²) in [6, 6.07) is 0. The second kappa shape index (κ2) is 3.61. The van der Waals surface area contributed by atoms with Crippen molar-refractivity contribution in [1.82, 2.24) is 9.78 Å². The minimum Gasteiger partial charge on any atom is -0.471 e. The van der Waals surface area contributed by atoms with Gasteiger partial charge in [0.15, 0.2) is 0 Å². The molecule has 1 aliphatic heterocycles. The van der Waals surface area contributed by atoms with Crippen molar-refractivity contribution >= 4 is 27.6 Å². The van der Waals surface area contributed by atoms with Crippen LogP contribution < -0.4 is 5.73 Å². The summed E-state index contributed by atoms with van der Waals surface area (Å²) < 4.78 is 7.16. The third-order valence-corrected chi connectivity index (χ3v) is 2.83. The molecule has 1 atom stereocenters. The normalized spacial score (nSPS) is 20.7. The Bertz CT molecular complexity index is 373. The summed E-state index contributed by atoms with van der Waals surface area (Å²) in [5.41, 5.74) is 6.57. The zero-order valence-electron chi connectivity index (χ0n) is 7.77. The molecule has 1 unspecified atom stereocenters. The lowest BCUT2D eigenvalue weighted by Crippen LogP contribution is -2.15. The molecule has 0 aromatic carbocycles. The number of hydrogen-bond acceptors (Lipinski definition) is 4. The molecule has 0 radical (unpaired) electrons. The molecule has 2 rings (SSSR count). The van der Waals surface area contributed by atoms with E-state index >= 15 is 0 Å². The molecule has 76 valence electrons. The second-order valence-corrected chi connectivity index (χ2v) is 3.75. The van der Waals surface area contributed by atoms with Crippen molar-refractivity contribution in [3.8, 4) is 0 Å². The fourth-order valence-corrected chi connectivity index (χ4v) is 1.59. The lowest BCUT2D eigenvalue weighted by molar-refractivity contribution is 0.252. The number of nitrogens with two attached hydrogens (primary N) is 1. The highest BCUT2D eigenvalue weighted by molar-refractivity contribution is 9.09. The number of anilines is 1. The summed E-state index contributed by atoms with van der Waals surface area (Å²) in [5.74, 6) is 1.18. The van der Waals surface area contributed by atoms with Crippen LogP contribution in [0.1, 0.15) is 5.56 Å². The molecular formula is C8H11BrN4O. The van der Waals surface area contributed by atoms with Crippen molar-refractivity contribution in [3.05, 3.63) is 11.8 Å². The van der Waals surface area contributed by atoms with Gasteiger partial charge in [-0.15, -0.1) is 0 Å². The van der Waals surface area contributed by atoms with Gasteiger partial charge in [0.05, 0.1) is 18.3 Å². The van der Waals surface area contributed by atoms with Crippen molar-refractivity contribution in [2.45, 2.75) is 6.10 Å². The topological polar surface area (TPSA) is 65.4 Å². The SMILES string of the molecule is Cn1ncc(C2=NCC(CBr)O2)c1N. The highest BCUT2D eigenvalue weighted by Gasteiger charge is 2.22. The summed E-state index contributed by atoms with van der Waals surface area (Å²) in [4.78, 5) is 4.26. The number of aliphatic imine (C=N–C) groups is 1. The van der Waals surface area contributed by atoms with Gasteiger partial charge in [-0.2, -0.15) is 5.10 Å². The zero-order valence-corrected chi connectivity index (χ0v) is 9.36. The monoisotopic (exact) mass is 258 g/mol. The largest absolute Gasteiger partial charge is 0.471 e. The van der Waals surface area contributed by atoms with Gasteiger partial charge >= 0.3 is 0 Å². The maximum Gasteiger partial charge on any atom is 0.222 e. The van der Waals surface area contributed by atoms with Gasteiger partial charge in [-0.25, -0.2) is 4.99 Å². The first kappa shape index (κ1) is 9.51. The molecule has 6 heteroatoms. The number of rotatable bonds is 2. The maximum atomic E-state index is 5.80. The van der Waals surface area contributed by atoms with Gasteiger partial charge in [0.1, 0.15) is 11.9 Å². The first-order valence-electron chi connectivity index (χ1n) is 4.27. The highest BCUT2D eigenvalue weighted by atomic mass is 79.9. The van der Waals surface area contributed by atoms with Crippen molar-refractivity contribution in [2.75, 3.05) is 17.6 Å². The van der Waals surface area contributed by atoms with Crippen LogP contribution in [0.25, 0.3) is 0 Å². The van der Waals surface area contributed by atoms with Crippen molar-refractivity contribution in [1.29, 1.82) is 0 Å². The van der Waals surface area contributed by atoms with Crippen LogP contribution in [-0.4, -0.2) is 33.7 Å². The van der Waals surface area contributed by atoms with E-state index in [1.165, 1.54) is 0 Å². The average Bonchev–Trinajstić information content (AvgIpc) is 2.75. The van der Waals surface area contributed by atoms with Gasteiger partial charge in [-0.1, -0.05) is 15.9 Å². The molecule has 1 aromatic rings. The van der Waals surface area contributed by atoms with E-state index in [9.17, 15) is 0 Å². The molecule has 0 saturated carbocycles. The van der Waals surface area contributed by atoms with E-state index in [2.05, 4.69) is 26.0 Å². The molecule has 5 nitrogen and oxygen atoms in total. The van der Waals surface area contributed by atoms with Crippen LogP contribution in [-0.2, 0) is 11.8 Å². The predicted octanol–water partition coefficient (Wildman–Crippen LogP) is 0.543. The van der Waals surface area contributed by atoms with E-state index in [0.29, 0.717) is 18.3 Å². The van der Waals surface area contributed by atoms with Crippen LogP contribution in [0.2, 0.25) is 0 Å². The Morgan fingerprint density at radius 2 is 2.57 bits per heavy atom. The number of hydrogen-bond donors (Lipinski definition) is 1. The molecular weight excluding hydrogens is 248 g/mol. The Morgan fingerprint density at radius 3 is 3.07 bits per heavy atom. The first-order chi connectivity index (χ1) is 6.72. The Balaban J connectivity index is 2.21. The van der Waals surface area contributed by atoms with Crippen molar-refractivity contribution < 1.29 is 4.74 Å². The molecule has 1 aliphatic rings. The lowest BCUT2D eigenvalue weighted by atomic mass is 10.3. The Morgan fingerprint density at radius 1 is 1.79 bits per heavy atom. The van der Waals surface area contributed by atoms with Crippen LogP contribution in [0.5, 0.6) is 0 Å². The fraction of sp³-hybridized carbons (Fsp3) is 0.500. The van der Waals surface area contributed by atoms with E-state index in [-0.39, 0.29) is 6.10 Å². The van der Waals surface area contributed by atoms with E-state index < -0.39 is 0 Å². The molecule has 0 spiro atoms. The molecule has 0 amide bonds. The minimum atomic E-state index is 0.115. The van der Waals surface area contributed by atoms with Gasteiger partial charge in [0.2, 0.25) is 5.90 Å². The van der Waals surface area contributed by atoms with Crippen molar-refractivity contribution in [3.63, 3.8) is 0 Å². The van der Waals surface area contributed by atoms with Crippen LogP contribution >= 0.6 is 15.9 Å². The van der Waals surface area contributed by atoms with Gasteiger partial charge in [-0.05, 0) is 0 Å². The summed E-state index contributed by atoms with van der Waals surface area (Å²) in [7, 11) is 1.79.